The molecule has 0 atom stereocenters. The van der Waals surface area contributed by atoms with E-state index < -0.39 is 30.3 Å². The normalized spacial score (nSPS) is 14.6. The summed E-state index contributed by atoms with van der Waals surface area (Å²) in [6.07, 6.45) is 0. The molecule has 1 aliphatic heterocycles. The first-order valence-electron chi connectivity index (χ1n) is 8.63. The van der Waals surface area contributed by atoms with E-state index in [1.54, 1.807) is 4.90 Å². The van der Waals surface area contributed by atoms with Crippen molar-refractivity contribution < 1.29 is 31.9 Å². The molecule has 1 aromatic heterocycles. The number of para-hydroxylation sites is 2. The van der Waals surface area contributed by atoms with E-state index in [2.05, 4.69) is 0 Å². The number of fused-ring (bicyclic) bond motifs is 2. The molecule has 27 heavy (non-hydrogen) atoms. The Balaban J connectivity index is 1.70. The van der Waals surface area contributed by atoms with E-state index in [0.717, 1.165) is 30.1 Å². The fourth-order valence-electron chi connectivity index (χ4n) is 3.52. The van der Waals surface area contributed by atoms with Gasteiger partial charge in [-0.3, -0.25) is 0 Å². The van der Waals surface area contributed by atoms with Crippen LogP contribution < -0.4 is 8.96 Å². The summed E-state index contributed by atoms with van der Waals surface area (Å²) in [5, 5.41) is 1.05. The molecule has 0 spiro atoms. The summed E-state index contributed by atoms with van der Waals surface area (Å²) in [6, 6.07) is 21.9. The molecule has 5 rings (SSSR count). The van der Waals surface area contributed by atoms with Gasteiger partial charge in [-0.1, -0.05) is 0 Å². The zero-order valence-corrected chi connectivity index (χ0v) is 15.8. The van der Waals surface area contributed by atoms with Crippen molar-refractivity contribution in [2.75, 3.05) is 4.90 Å². The molecule has 0 saturated carbocycles. The Kier molecular flexibility index (Phi) is 4.03. The third-order valence-corrected chi connectivity index (χ3v) is 6.73. The number of hydrogen-bond acceptors (Lipinski definition) is 2. The van der Waals surface area contributed by atoms with Crippen molar-refractivity contribution in [2.24, 2.45) is 0 Å². The monoisotopic (exact) mass is 394 g/mol. The Labute approximate surface area is 163 Å². The van der Waals surface area contributed by atoms with E-state index in [9.17, 15) is 8.78 Å². The van der Waals surface area contributed by atoms with E-state index >= 15 is 0 Å². The van der Waals surface area contributed by atoms with Crippen LogP contribution >= 0.6 is 0 Å². The predicted molar refractivity (Wildman–Crippen MR) is 98.9 cm³/mol. The number of anilines is 1. The Bertz CT molecular complexity index is 1140. The Morgan fingerprint density at radius 3 is 2.41 bits per heavy atom. The number of hydrogen-bond donors (Lipinski definition) is 0. The average molecular weight is 394 g/mol. The second-order valence-electron chi connectivity index (χ2n) is 6.44. The molecule has 0 radical (unpaired) electrons. The van der Waals surface area contributed by atoms with Crippen molar-refractivity contribution in [3.8, 4) is 0 Å². The molecule has 4 aromatic rings. The first-order chi connectivity index (χ1) is 13.2. The topological polar surface area (TPSA) is 16.4 Å². The van der Waals surface area contributed by atoms with Gasteiger partial charge >= 0.3 is 164 Å². The van der Waals surface area contributed by atoms with Crippen LogP contribution in [0.25, 0.3) is 11.0 Å². The van der Waals surface area contributed by atoms with Gasteiger partial charge in [0.25, 0.3) is 0 Å². The van der Waals surface area contributed by atoms with Crippen LogP contribution in [0.15, 0.2) is 77.2 Å². The molecule has 0 N–H and O–H groups in total. The molecule has 0 unspecified atom stereocenters. The first kappa shape index (κ1) is 16.6. The molecule has 0 fully saturated rings. The number of rotatable bonds is 2. The fraction of sp³-hybridized carbons (Fsp3) is 0.0455. The van der Waals surface area contributed by atoms with Crippen LogP contribution in [0.2, 0.25) is 0 Å². The summed E-state index contributed by atoms with van der Waals surface area (Å²) in [6.45, 7) is 0.465. The van der Waals surface area contributed by atoms with Crippen LogP contribution in [-0.4, -0.2) is 3.94 Å². The van der Waals surface area contributed by atoms with E-state index in [4.69, 9.17) is 4.42 Å². The van der Waals surface area contributed by atoms with Crippen LogP contribution in [0.5, 0.6) is 0 Å². The second-order valence-corrected chi connectivity index (χ2v) is 8.34. The zero-order chi connectivity index (χ0) is 18.4. The van der Waals surface area contributed by atoms with Crippen LogP contribution in [0.3, 0.4) is 0 Å². The SMILES string of the molecule is Fc1cccc(F)c1N1Cc2ccccc2[C]1=[Ti][c]1cc2ccccc2o1. The van der Waals surface area contributed by atoms with Gasteiger partial charge in [0.1, 0.15) is 0 Å². The van der Waals surface area contributed by atoms with Gasteiger partial charge in [-0.2, -0.15) is 0 Å². The van der Waals surface area contributed by atoms with Gasteiger partial charge in [0, 0.05) is 0 Å². The molecule has 0 saturated heterocycles. The van der Waals surface area contributed by atoms with Gasteiger partial charge in [-0.05, 0) is 0 Å². The molecule has 0 amide bonds. The molecular formula is C22H14F2NOTi. The summed E-state index contributed by atoms with van der Waals surface area (Å²) in [5.41, 5.74) is 2.99. The molecule has 131 valence electrons. The Hall–Kier alpha value is -2.56. The van der Waals surface area contributed by atoms with Gasteiger partial charge < -0.3 is 0 Å². The van der Waals surface area contributed by atoms with Crippen LogP contribution in [0.4, 0.5) is 14.5 Å². The summed E-state index contributed by atoms with van der Waals surface area (Å²) < 4.78 is 36.9. The van der Waals surface area contributed by atoms with Crippen molar-refractivity contribution in [3.63, 3.8) is 0 Å². The minimum absolute atomic E-state index is 0.0172. The number of halogens is 2. The summed E-state index contributed by atoms with van der Waals surface area (Å²) in [5.74, 6) is -1.09. The third-order valence-electron chi connectivity index (χ3n) is 4.75. The molecule has 2 nitrogen and oxygen atoms in total. The molecule has 3 aromatic carbocycles. The quantitative estimate of drug-likeness (QED) is 0.462. The molecule has 1 aliphatic rings. The number of benzene rings is 3. The fourth-order valence-corrected chi connectivity index (χ4v) is 5.59. The average Bonchev–Trinajstić information content (AvgIpc) is 3.23. The number of nitrogens with zero attached hydrogens (tertiary/aromatic N) is 1. The van der Waals surface area contributed by atoms with E-state index in [0.29, 0.717) is 6.54 Å². The van der Waals surface area contributed by atoms with Crippen LogP contribution in [0.1, 0.15) is 11.1 Å². The second kappa shape index (κ2) is 6.56. The van der Waals surface area contributed by atoms with Gasteiger partial charge in [0.05, 0.1) is 0 Å². The molecule has 5 heteroatoms. The summed E-state index contributed by atoms with van der Waals surface area (Å²) >= 11 is -0.929. The van der Waals surface area contributed by atoms with Crippen LogP contribution in [-0.2, 0) is 25.2 Å². The van der Waals surface area contributed by atoms with Crippen molar-refractivity contribution in [1.29, 1.82) is 0 Å². The zero-order valence-electron chi connectivity index (χ0n) is 14.2. The third kappa shape index (κ3) is 2.86. The van der Waals surface area contributed by atoms with Crippen molar-refractivity contribution in [1.82, 2.24) is 0 Å². The Morgan fingerprint density at radius 1 is 0.852 bits per heavy atom. The number of furan rings is 1. The molecule has 2 heterocycles. The minimum atomic E-state index is -0.929. The van der Waals surface area contributed by atoms with E-state index in [1.807, 2.05) is 54.6 Å². The van der Waals surface area contributed by atoms with Gasteiger partial charge in [0.2, 0.25) is 0 Å². The van der Waals surface area contributed by atoms with Crippen LogP contribution in [0, 0.1) is 11.6 Å². The summed E-state index contributed by atoms with van der Waals surface area (Å²) in [7, 11) is 0. The molecule has 0 bridgehead atoms. The predicted octanol–water partition coefficient (Wildman–Crippen LogP) is 4.62. The van der Waals surface area contributed by atoms with Gasteiger partial charge in [-0.15, -0.1) is 0 Å². The van der Waals surface area contributed by atoms with E-state index in [-0.39, 0.29) is 5.69 Å². The van der Waals surface area contributed by atoms with Crippen molar-refractivity contribution in [3.05, 3.63) is 95.6 Å². The maximum absolute atomic E-state index is 14.5. The standard InChI is InChI=1S/C14H9F2N.C8H5O.Ti/c15-12-6-3-7-13(16)14(12)17-8-10-4-1-2-5-11(10)9-17;1-2-4-8-7(3-1)5-6-9-8;/h1-7H,8H2;1-5H;. The Morgan fingerprint density at radius 2 is 1.59 bits per heavy atom. The van der Waals surface area contributed by atoms with Crippen molar-refractivity contribution >= 4 is 24.7 Å². The van der Waals surface area contributed by atoms with Crippen molar-refractivity contribution in [2.45, 2.75) is 6.54 Å². The molecular weight excluding hydrogens is 380 g/mol. The van der Waals surface area contributed by atoms with Gasteiger partial charge in [-0.25, -0.2) is 0 Å². The maximum atomic E-state index is 14.5. The van der Waals surface area contributed by atoms with Gasteiger partial charge in [0.15, 0.2) is 0 Å². The first-order valence-corrected chi connectivity index (χ1v) is 10.2. The molecule has 0 aliphatic carbocycles. The van der Waals surface area contributed by atoms with E-state index in [1.165, 1.54) is 18.2 Å². The summed E-state index contributed by atoms with van der Waals surface area (Å²) in [4.78, 5) is 1.78.